The Labute approximate surface area is 127 Å². The number of oxazole rings is 1. The molecule has 0 bridgehead atoms. The van der Waals surface area contributed by atoms with E-state index in [4.69, 9.17) is 4.42 Å². The van der Waals surface area contributed by atoms with Gasteiger partial charge in [0.25, 0.3) is 0 Å². The highest BCUT2D eigenvalue weighted by atomic mass is 32.1. The molecule has 2 aromatic heterocycles. The first kappa shape index (κ1) is 15.0. The van der Waals surface area contributed by atoms with E-state index in [1.165, 1.54) is 12.1 Å². The first-order chi connectivity index (χ1) is 10.3. The second kappa shape index (κ2) is 5.06. The van der Waals surface area contributed by atoms with Crippen molar-refractivity contribution in [1.82, 2.24) is 9.97 Å². The third-order valence-corrected chi connectivity index (χ3v) is 4.16. The van der Waals surface area contributed by atoms with Crippen LogP contribution in [0.3, 0.4) is 0 Å². The van der Waals surface area contributed by atoms with E-state index in [0.29, 0.717) is 5.69 Å². The maximum absolute atomic E-state index is 13.4. The van der Waals surface area contributed by atoms with Crippen LogP contribution in [0, 0.1) is 6.92 Å². The zero-order valence-corrected chi connectivity index (χ0v) is 12.2. The van der Waals surface area contributed by atoms with E-state index in [0.717, 1.165) is 11.3 Å². The van der Waals surface area contributed by atoms with Crippen molar-refractivity contribution in [2.45, 2.75) is 25.1 Å². The van der Waals surface area contributed by atoms with E-state index < -0.39 is 24.1 Å². The van der Waals surface area contributed by atoms with Crippen molar-refractivity contribution in [2.75, 3.05) is 0 Å². The van der Waals surface area contributed by atoms with Crippen molar-refractivity contribution >= 4 is 22.4 Å². The molecule has 0 aliphatic rings. The van der Waals surface area contributed by atoms with Crippen molar-refractivity contribution in [3.8, 4) is 0 Å². The summed E-state index contributed by atoms with van der Waals surface area (Å²) in [6.45, 7) is 1.67. The number of fused-ring (bicyclic) bond motifs is 1. The molecule has 116 valence electrons. The molecule has 0 radical (unpaired) electrons. The number of aryl methyl sites for hydroxylation is 1. The van der Waals surface area contributed by atoms with Gasteiger partial charge in [-0.25, -0.2) is 9.97 Å². The topological polar surface area (TPSA) is 59.2 Å². The van der Waals surface area contributed by atoms with Gasteiger partial charge in [-0.15, -0.1) is 11.3 Å². The lowest BCUT2D eigenvalue weighted by molar-refractivity contribution is -0.273. The minimum atomic E-state index is -4.94. The smallest absolute Gasteiger partial charge is 0.426 e. The Hall–Kier alpha value is -1.93. The minimum Gasteiger partial charge on any atom is -0.437 e. The van der Waals surface area contributed by atoms with Crippen LogP contribution in [0.2, 0.25) is 0 Å². The van der Waals surface area contributed by atoms with Gasteiger partial charge in [0, 0.05) is 17.5 Å². The number of halogens is 3. The fourth-order valence-corrected chi connectivity index (χ4v) is 2.90. The number of alkyl halides is 3. The zero-order valence-electron chi connectivity index (χ0n) is 11.4. The Morgan fingerprint density at radius 3 is 2.55 bits per heavy atom. The molecule has 0 saturated heterocycles. The van der Waals surface area contributed by atoms with Crippen LogP contribution >= 0.6 is 11.3 Å². The molecule has 1 N–H and O–H groups in total. The summed E-state index contributed by atoms with van der Waals surface area (Å²) in [4.78, 5) is 7.77. The second-order valence-electron chi connectivity index (χ2n) is 4.90. The molecule has 22 heavy (non-hydrogen) atoms. The monoisotopic (exact) mass is 328 g/mol. The largest absolute Gasteiger partial charge is 0.437 e. The van der Waals surface area contributed by atoms with Crippen molar-refractivity contribution in [2.24, 2.45) is 0 Å². The number of nitrogens with zero attached hydrogens (tertiary/aromatic N) is 2. The Morgan fingerprint density at radius 1 is 1.23 bits per heavy atom. The van der Waals surface area contributed by atoms with E-state index in [1.807, 2.05) is 0 Å². The third-order valence-electron chi connectivity index (χ3n) is 3.19. The summed E-state index contributed by atoms with van der Waals surface area (Å²) in [5.41, 5.74) is -2.16. The van der Waals surface area contributed by atoms with E-state index in [2.05, 4.69) is 9.97 Å². The average molecular weight is 328 g/mol. The number of benzene rings is 1. The molecule has 1 aromatic carbocycles. The molecule has 0 amide bonds. The highest BCUT2D eigenvalue weighted by Crippen LogP contribution is 2.42. The van der Waals surface area contributed by atoms with Crippen LogP contribution in [0.1, 0.15) is 16.6 Å². The van der Waals surface area contributed by atoms with Gasteiger partial charge >= 0.3 is 6.18 Å². The van der Waals surface area contributed by atoms with Crippen LogP contribution < -0.4 is 0 Å². The molecule has 0 saturated carbocycles. The van der Waals surface area contributed by atoms with Gasteiger partial charge in [-0.2, -0.15) is 13.2 Å². The fraction of sp³-hybridized carbons (Fsp3) is 0.286. The van der Waals surface area contributed by atoms with Gasteiger partial charge in [0.15, 0.2) is 5.58 Å². The normalized spacial score (nSPS) is 15.1. The van der Waals surface area contributed by atoms with Gasteiger partial charge in [0.05, 0.1) is 5.01 Å². The molecule has 0 fully saturated rings. The summed E-state index contributed by atoms with van der Waals surface area (Å²) < 4.78 is 45.4. The van der Waals surface area contributed by atoms with Crippen LogP contribution in [-0.2, 0) is 12.0 Å². The number of aromatic nitrogens is 2. The van der Waals surface area contributed by atoms with E-state index in [1.54, 1.807) is 24.4 Å². The summed E-state index contributed by atoms with van der Waals surface area (Å²) in [5.74, 6) is -0.769. The predicted octanol–water partition coefficient (Wildman–Crippen LogP) is 3.59. The first-order valence-electron chi connectivity index (χ1n) is 6.36. The van der Waals surface area contributed by atoms with Crippen LogP contribution in [0.5, 0.6) is 0 Å². The van der Waals surface area contributed by atoms with E-state index in [-0.39, 0.29) is 16.1 Å². The molecule has 3 aromatic rings. The van der Waals surface area contributed by atoms with E-state index >= 15 is 0 Å². The highest BCUT2D eigenvalue weighted by molar-refractivity contribution is 7.09. The van der Waals surface area contributed by atoms with Crippen molar-refractivity contribution in [1.29, 1.82) is 0 Å². The van der Waals surface area contributed by atoms with Crippen LogP contribution in [0.25, 0.3) is 11.1 Å². The molecule has 1 atom stereocenters. The standard InChI is InChI=1S/C14H11F3N2O2S/c1-8-7-22-11(18-8)6-13(20,14(15,16)17)12-19-9-4-2-3-5-10(9)21-12/h2-5,7,20H,6H2,1H3/t13-/m1/s1. The number of rotatable bonds is 3. The molecular weight excluding hydrogens is 317 g/mol. The van der Waals surface area contributed by atoms with Gasteiger partial charge in [-0.3, -0.25) is 0 Å². The van der Waals surface area contributed by atoms with Gasteiger partial charge < -0.3 is 9.52 Å². The summed E-state index contributed by atoms with van der Waals surface area (Å²) >= 11 is 1.05. The van der Waals surface area contributed by atoms with Crippen LogP contribution in [0.4, 0.5) is 13.2 Å². The average Bonchev–Trinajstić information content (AvgIpc) is 3.03. The lowest BCUT2D eigenvalue weighted by atomic mass is 9.99. The van der Waals surface area contributed by atoms with Crippen molar-refractivity contribution in [3.63, 3.8) is 0 Å². The molecular formula is C14H11F3N2O2S. The summed E-state index contributed by atoms with van der Waals surface area (Å²) in [7, 11) is 0. The lowest BCUT2D eigenvalue weighted by Gasteiger charge is -2.26. The van der Waals surface area contributed by atoms with Crippen molar-refractivity contribution < 1.29 is 22.7 Å². The summed E-state index contributed by atoms with van der Waals surface area (Å²) in [5, 5.41) is 12.1. The molecule has 0 aliphatic carbocycles. The maximum atomic E-state index is 13.4. The molecule has 2 heterocycles. The number of hydrogen-bond donors (Lipinski definition) is 1. The lowest BCUT2D eigenvalue weighted by Crippen LogP contribution is -2.44. The quantitative estimate of drug-likeness (QED) is 0.798. The highest BCUT2D eigenvalue weighted by Gasteiger charge is 2.59. The summed E-state index contributed by atoms with van der Waals surface area (Å²) in [6.07, 6.45) is -5.67. The van der Waals surface area contributed by atoms with Crippen LogP contribution in [-0.4, -0.2) is 21.3 Å². The predicted molar refractivity (Wildman–Crippen MR) is 74.5 cm³/mol. The van der Waals surface area contributed by atoms with Gasteiger partial charge in [0.2, 0.25) is 11.5 Å². The molecule has 8 heteroatoms. The molecule has 0 aliphatic heterocycles. The van der Waals surface area contributed by atoms with Gasteiger partial charge in [0.1, 0.15) is 5.52 Å². The molecule has 0 unspecified atom stereocenters. The maximum Gasteiger partial charge on any atom is 0.426 e. The molecule has 4 nitrogen and oxygen atoms in total. The fourth-order valence-electron chi connectivity index (χ4n) is 2.05. The van der Waals surface area contributed by atoms with Crippen LogP contribution in [0.15, 0.2) is 34.1 Å². The van der Waals surface area contributed by atoms with Gasteiger partial charge in [-0.05, 0) is 19.1 Å². The number of thiazole rings is 1. The Morgan fingerprint density at radius 2 is 1.95 bits per heavy atom. The Bertz CT molecular complexity index is 779. The second-order valence-corrected chi connectivity index (χ2v) is 5.85. The Kier molecular flexibility index (Phi) is 3.45. The number of aliphatic hydroxyl groups is 1. The number of para-hydroxylation sites is 2. The van der Waals surface area contributed by atoms with Gasteiger partial charge in [-0.1, -0.05) is 12.1 Å². The molecule has 0 spiro atoms. The number of hydrogen-bond acceptors (Lipinski definition) is 5. The van der Waals surface area contributed by atoms with Crippen molar-refractivity contribution in [3.05, 3.63) is 46.2 Å². The first-order valence-corrected chi connectivity index (χ1v) is 7.24. The summed E-state index contributed by atoms with van der Waals surface area (Å²) in [6, 6.07) is 6.27. The third kappa shape index (κ3) is 2.48. The minimum absolute atomic E-state index is 0.166. The molecule has 3 rings (SSSR count). The van der Waals surface area contributed by atoms with E-state index in [9.17, 15) is 18.3 Å². The zero-order chi connectivity index (χ0) is 16.0. The Balaban J connectivity index is 2.09. The SMILES string of the molecule is Cc1csc(C[C@@](O)(c2nc3ccccc3o2)C(F)(F)F)n1.